The minimum Gasteiger partial charge on any atom is -0.303 e. The first-order chi connectivity index (χ1) is 6.65. The number of likely N-dealkylation sites (tertiary alicyclic amines) is 1. The van der Waals surface area contributed by atoms with E-state index in [4.69, 9.17) is 0 Å². The molecule has 4 unspecified atom stereocenters. The van der Waals surface area contributed by atoms with Gasteiger partial charge in [0.15, 0.2) is 0 Å². The van der Waals surface area contributed by atoms with Gasteiger partial charge in [0, 0.05) is 19.6 Å². The first-order valence-electron chi connectivity index (χ1n) is 6.37. The van der Waals surface area contributed by atoms with Crippen molar-refractivity contribution in [1.82, 2.24) is 4.90 Å². The predicted molar refractivity (Wildman–Crippen MR) is 61.3 cm³/mol. The third-order valence-corrected chi connectivity index (χ3v) is 4.38. The van der Waals surface area contributed by atoms with E-state index in [1.54, 1.807) is 0 Å². The fraction of sp³-hybridized carbons (Fsp3) is 1.00. The lowest BCUT2D eigenvalue weighted by atomic mass is 10.0. The molecule has 0 aromatic rings. The Bertz CT molecular complexity index is 180. The maximum atomic E-state index is 2.71. The minimum atomic E-state index is 0.925. The summed E-state index contributed by atoms with van der Waals surface area (Å²) in [5.74, 6) is 3.86. The Kier molecular flexibility index (Phi) is 3.16. The van der Waals surface area contributed by atoms with Gasteiger partial charge in [-0.25, -0.2) is 0 Å². The minimum absolute atomic E-state index is 0.925. The molecule has 2 aliphatic rings. The zero-order valence-electron chi connectivity index (χ0n) is 10.00. The van der Waals surface area contributed by atoms with Gasteiger partial charge in [-0.1, -0.05) is 27.2 Å². The summed E-state index contributed by atoms with van der Waals surface area (Å²) in [6.07, 6.45) is 4.45. The lowest BCUT2D eigenvalue weighted by Gasteiger charge is -2.20. The molecule has 1 nitrogen and oxygen atoms in total. The van der Waals surface area contributed by atoms with Gasteiger partial charge in [0.25, 0.3) is 0 Å². The van der Waals surface area contributed by atoms with E-state index in [-0.39, 0.29) is 0 Å². The summed E-state index contributed by atoms with van der Waals surface area (Å²) in [5, 5.41) is 0. The quantitative estimate of drug-likeness (QED) is 0.654. The van der Waals surface area contributed by atoms with E-state index in [1.807, 2.05) is 0 Å². The van der Waals surface area contributed by atoms with E-state index in [9.17, 15) is 0 Å². The molecule has 4 atom stereocenters. The normalized spacial score (nSPS) is 44.8. The van der Waals surface area contributed by atoms with Crippen LogP contribution in [0, 0.1) is 23.7 Å². The summed E-state index contributed by atoms with van der Waals surface area (Å²) in [7, 11) is 0. The molecular weight excluding hydrogens is 170 g/mol. The molecule has 1 heterocycles. The van der Waals surface area contributed by atoms with Gasteiger partial charge in [0.1, 0.15) is 0 Å². The molecule has 0 spiro atoms. The molecule has 0 bridgehead atoms. The van der Waals surface area contributed by atoms with Crippen LogP contribution in [0.1, 0.15) is 40.0 Å². The molecule has 1 saturated carbocycles. The van der Waals surface area contributed by atoms with Crippen molar-refractivity contribution in [3.63, 3.8) is 0 Å². The maximum Gasteiger partial charge on any atom is 0.00103 e. The monoisotopic (exact) mass is 195 g/mol. The molecule has 0 radical (unpaired) electrons. The molecule has 14 heavy (non-hydrogen) atoms. The van der Waals surface area contributed by atoms with Crippen LogP contribution in [0.3, 0.4) is 0 Å². The number of nitrogens with zero attached hydrogens (tertiary/aromatic N) is 1. The van der Waals surface area contributed by atoms with E-state index < -0.39 is 0 Å². The molecule has 1 aliphatic heterocycles. The standard InChI is InChI=1S/C13H25N/c1-10-4-5-13(6-10)9-14-7-11(2)12(3)8-14/h10-13H,4-9H2,1-3H3. The first kappa shape index (κ1) is 10.5. The number of hydrogen-bond donors (Lipinski definition) is 0. The van der Waals surface area contributed by atoms with Crippen LogP contribution in [0.5, 0.6) is 0 Å². The van der Waals surface area contributed by atoms with Crippen molar-refractivity contribution >= 4 is 0 Å². The highest BCUT2D eigenvalue weighted by Gasteiger charge is 2.29. The smallest absolute Gasteiger partial charge is 0.00103 e. The van der Waals surface area contributed by atoms with Crippen LogP contribution in [0.25, 0.3) is 0 Å². The Morgan fingerprint density at radius 1 is 1.00 bits per heavy atom. The van der Waals surface area contributed by atoms with Gasteiger partial charge in [0.05, 0.1) is 0 Å². The SMILES string of the molecule is CC1CCC(CN2CC(C)C(C)C2)C1. The highest BCUT2D eigenvalue weighted by Crippen LogP contribution is 2.32. The molecule has 1 aliphatic carbocycles. The van der Waals surface area contributed by atoms with Crippen LogP contribution >= 0.6 is 0 Å². The Hall–Kier alpha value is -0.0400. The number of rotatable bonds is 2. The van der Waals surface area contributed by atoms with Gasteiger partial charge < -0.3 is 4.90 Å². The molecule has 0 N–H and O–H groups in total. The average Bonchev–Trinajstić information content (AvgIpc) is 2.62. The summed E-state index contributed by atoms with van der Waals surface area (Å²) in [6, 6.07) is 0. The Labute approximate surface area is 88.9 Å². The van der Waals surface area contributed by atoms with E-state index >= 15 is 0 Å². The van der Waals surface area contributed by atoms with Crippen LogP contribution in [0.15, 0.2) is 0 Å². The van der Waals surface area contributed by atoms with Crippen molar-refractivity contribution in [1.29, 1.82) is 0 Å². The van der Waals surface area contributed by atoms with Gasteiger partial charge in [-0.2, -0.15) is 0 Å². The second-order valence-corrected chi connectivity index (χ2v) is 5.96. The summed E-state index contributed by atoms with van der Waals surface area (Å²) in [4.78, 5) is 2.71. The van der Waals surface area contributed by atoms with Crippen molar-refractivity contribution in [2.24, 2.45) is 23.7 Å². The molecule has 0 aromatic carbocycles. The summed E-state index contributed by atoms with van der Waals surface area (Å²) in [5.41, 5.74) is 0. The molecule has 82 valence electrons. The van der Waals surface area contributed by atoms with Gasteiger partial charge >= 0.3 is 0 Å². The Morgan fingerprint density at radius 2 is 1.64 bits per heavy atom. The first-order valence-corrected chi connectivity index (χ1v) is 6.37. The number of hydrogen-bond acceptors (Lipinski definition) is 1. The molecule has 1 heteroatoms. The average molecular weight is 195 g/mol. The van der Waals surface area contributed by atoms with Gasteiger partial charge in [-0.05, 0) is 36.5 Å². The zero-order valence-corrected chi connectivity index (χ0v) is 10.00. The van der Waals surface area contributed by atoms with Crippen molar-refractivity contribution < 1.29 is 0 Å². The Balaban J connectivity index is 1.76. The highest BCUT2D eigenvalue weighted by atomic mass is 15.2. The third-order valence-electron chi connectivity index (χ3n) is 4.38. The van der Waals surface area contributed by atoms with Crippen molar-refractivity contribution in [2.75, 3.05) is 19.6 Å². The van der Waals surface area contributed by atoms with Gasteiger partial charge in [-0.3, -0.25) is 0 Å². The lowest BCUT2D eigenvalue weighted by Crippen LogP contribution is -2.26. The maximum absolute atomic E-state index is 2.71. The van der Waals surface area contributed by atoms with Crippen LogP contribution in [-0.2, 0) is 0 Å². The van der Waals surface area contributed by atoms with Crippen LogP contribution in [-0.4, -0.2) is 24.5 Å². The second-order valence-electron chi connectivity index (χ2n) is 5.96. The largest absolute Gasteiger partial charge is 0.303 e. The molecule has 0 amide bonds. The van der Waals surface area contributed by atoms with E-state index in [0.717, 1.165) is 23.7 Å². The van der Waals surface area contributed by atoms with Crippen LogP contribution in [0.2, 0.25) is 0 Å². The third kappa shape index (κ3) is 2.31. The van der Waals surface area contributed by atoms with Crippen molar-refractivity contribution in [2.45, 2.75) is 40.0 Å². The van der Waals surface area contributed by atoms with Crippen LogP contribution < -0.4 is 0 Å². The molecular formula is C13H25N. The Morgan fingerprint density at radius 3 is 2.14 bits per heavy atom. The van der Waals surface area contributed by atoms with Crippen molar-refractivity contribution in [3.05, 3.63) is 0 Å². The van der Waals surface area contributed by atoms with Crippen LogP contribution in [0.4, 0.5) is 0 Å². The lowest BCUT2D eigenvalue weighted by molar-refractivity contribution is 0.266. The summed E-state index contributed by atoms with van der Waals surface area (Å²) in [6.45, 7) is 11.3. The topological polar surface area (TPSA) is 3.24 Å². The molecule has 1 saturated heterocycles. The predicted octanol–water partition coefficient (Wildman–Crippen LogP) is 3.01. The second kappa shape index (κ2) is 4.22. The zero-order chi connectivity index (χ0) is 10.1. The van der Waals surface area contributed by atoms with Gasteiger partial charge in [0.2, 0.25) is 0 Å². The summed E-state index contributed by atoms with van der Waals surface area (Å²) >= 11 is 0. The van der Waals surface area contributed by atoms with E-state index in [2.05, 4.69) is 25.7 Å². The fourth-order valence-electron chi connectivity index (χ4n) is 3.25. The summed E-state index contributed by atoms with van der Waals surface area (Å²) < 4.78 is 0. The molecule has 2 rings (SSSR count). The molecule has 0 aromatic heterocycles. The van der Waals surface area contributed by atoms with E-state index in [1.165, 1.54) is 38.9 Å². The van der Waals surface area contributed by atoms with E-state index in [0.29, 0.717) is 0 Å². The molecule has 2 fully saturated rings. The fourth-order valence-corrected chi connectivity index (χ4v) is 3.25. The van der Waals surface area contributed by atoms with Gasteiger partial charge in [-0.15, -0.1) is 0 Å². The highest BCUT2D eigenvalue weighted by molar-refractivity contribution is 4.82. The van der Waals surface area contributed by atoms with Crippen molar-refractivity contribution in [3.8, 4) is 0 Å².